The zero-order chi connectivity index (χ0) is 15.6. The van der Waals surface area contributed by atoms with Crippen LogP contribution in [0.4, 0.5) is 13.2 Å². The van der Waals surface area contributed by atoms with Gasteiger partial charge in [0.2, 0.25) is 0 Å². The van der Waals surface area contributed by atoms with E-state index in [4.69, 9.17) is 10.8 Å². The maximum absolute atomic E-state index is 13.7. The summed E-state index contributed by atoms with van der Waals surface area (Å²) in [5, 5.41) is 8.69. The molecule has 0 aliphatic carbocycles. The third-order valence-corrected chi connectivity index (χ3v) is 3.03. The molecule has 6 heteroatoms. The number of carboxylic acid groups (broad SMARTS) is 1. The number of rotatable bonds is 4. The van der Waals surface area contributed by atoms with Gasteiger partial charge in [0.15, 0.2) is 0 Å². The number of carbonyl (C=O) groups is 1. The minimum absolute atomic E-state index is 0.0291. The number of benzene rings is 2. The fourth-order valence-corrected chi connectivity index (χ4v) is 2.02. The molecule has 2 aromatic carbocycles. The molecule has 0 unspecified atom stereocenters. The maximum Gasteiger partial charge on any atom is 0.305 e. The molecule has 0 bridgehead atoms. The van der Waals surface area contributed by atoms with Crippen molar-refractivity contribution in [3.05, 3.63) is 59.4 Å². The molecule has 3 N–H and O–H groups in total. The van der Waals surface area contributed by atoms with Crippen LogP contribution < -0.4 is 5.73 Å². The van der Waals surface area contributed by atoms with Crippen LogP contribution >= 0.6 is 0 Å². The van der Waals surface area contributed by atoms with Gasteiger partial charge in [-0.2, -0.15) is 0 Å². The summed E-state index contributed by atoms with van der Waals surface area (Å²) >= 11 is 0. The Morgan fingerprint density at radius 1 is 1.10 bits per heavy atom. The molecule has 0 spiro atoms. The molecule has 0 radical (unpaired) electrons. The standard InChI is InChI=1S/C15H12F3NO2/c16-9-2-3-10(13(18)6-9)8-1-4-12(17)11(5-8)14(19)7-15(20)21/h1-6,14H,7,19H2,(H,20,21)/t14-/m0/s1. The van der Waals surface area contributed by atoms with Gasteiger partial charge in [-0.15, -0.1) is 0 Å². The highest BCUT2D eigenvalue weighted by atomic mass is 19.1. The quantitative estimate of drug-likeness (QED) is 0.910. The lowest BCUT2D eigenvalue weighted by molar-refractivity contribution is -0.137. The second kappa shape index (κ2) is 5.97. The van der Waals surface area contributed by atoms with Gasteiger partial charge in [0, 0.05) is 23.2 Å². The predicted octanol–water partition coefficient (Wildman–Crippen LogP) is 3.25. The van der Waals surface area contributed by atoms with E-state index < -0.39 is 35.9 Å². The Morgan fingerprint density at radius 3 is 2.43 bits per heavy atom. The minimum Gasteiger partial charge on any atom is -0.481 e. The zero-order valence-corrected chi connectivity index (χ0v) is 10.8. The summed E-state index contributed by atoms with van der Waals surface area (Å²) in [6, 6.07) is 5.65. The fourth-order valence-electron chi connectivity index (χ4n) is 2.02. The summed E-state index contributed by atoms with van der Waals surface area (Å²) < 4.78 is 40.3. The van der Waals surface area contributed by atoms with Crippen molar-refractivity contribution in [2.75, 3.05) is 0 Å². The van der Waals surface area contributed by atoms with Crippen molar-refractivity contribution >= 4 is 5.97 Å². The lowest BCUT2D eigenvalue weighted by Crippen LogP contribution is -2.16. The minimum atomic E-state index is -1.17. The van der Waals surface area contributed by atoms with Crippen molar-refractivity contribution in [3.63, 3.8) is 0 Å². The topological polar surface area (TPSA) is 63.3 Å². The lowest BCUT2D eigenvalue weighted by atomic mass is 9.97. The molecule has 0 saturated heterocycles. The SMILES string of the molecule is N[C@@H](CC(=O)O)c1cc(-c2ccc(F)cc2F)ccc1F. The second-order valence-corrected chi connectivity index (χ2v) is 4.56. The first kappa shape index (κ1) is 15.1. The molecule has 0 saturated carbocycles. The van der Waals surface area contributed by atoms with Gasteiger partial charge in [-0.05, 0) is 29.8 Å². The number of hydrogen-bond donors (Lipinski definition) is 2. The van der Waals surface area contributed by atoms with E-state index in [0.717, 1.165) is 18.2 Å². The van der Waals surface area contributed by atoms with E-state index in [0.29, 0.717) is 5.56 Å². The first-order valence-electron chi connectivity index (χ1n) is 6.10. The Morgan fingerprint density at radius 2 is 1.81 bits per heavy atom. The van der Waals surface area contributed by atoms with Crippen molar-refractivity contribution in [3.8, 4) is 11.1 Å². The van der Waals surface area contributed by atoms with Crippen LogP contribution in [-0.4, -0.2) is 11.1 Å². The van der Waals surface area contributed by atoms with Gasteiger partial charge in [-0.25, -0.2) is 13.2 Å². The normalized spacial score (nSPS) is 12.2. The van der Waals surface area contributed by atoms with Gasteiger partial charge in [0.05, 0.1) is 6.42 Å². The number of hydrogen-bond acceptors (Lipinski definition) is 2. The van der Waals surface area contributed by atoms with E-state index in [2.05, 4.69) is 0 Å². The van der Waals surface area contributed by atoms with E-state index in [1.54, 1.807) is 0 Å². The molecule has 110 valence electrons. The van der Waals surface area contributed by atoms with Crippen LogP contribution in [0.3, 0.4) is 0 Å². The van der Waals surface area contributed by atoms with Crippen LogP contribution in [0, 0.1) is 17.5 Å². The molecule has 21 heavy (non-hydrogen) atoms. The Bertz CT molecular complexity index is 689. The van der Waals surface area contributed by atoms with Crippen molar-refractivity contribution in [1.29, 1.82) is 0 Å². The van der Waals surface area contributed by atoms with Gasteiger partial charge in [-0.3, -0.25) is 4.79 Å². The van der Waals surface area contributed by atoms with Crippen molar-refractivity contribution in [2.45, 2.75) is 12.5 Å². The van der Waals surface area contributed by atoms with Crippen molar-refractivity contribution in [2.24, 2.45) is 5.73 Å². The number of carboxylic acids is 1. The molecule has 2 aromatic rings. The van der Waals surface area contributed by atoms with Crippen molar-refractivity contribution < 1.29 is 23.1 Å². The molecule has 0 aromatic heterocycles. The van der Waals surface area contributed by atoms with E-state index >= 15 is 0 Å². The average molecular weight is 295 g/mol. The summed E-state index contributed by atoms with van der Waals surface area (Å²) in [6.45, 7) is 0. The summed E-state index contributed by atoms with van der Waals surface area (Å²) in [5.41, 5.74) is 5.98. The highest BCUT2D eigenvalue weighted by Gasteiger charge is 2.17. The Labute approximate surface area is 118 Å². The average Bonchev–Trinajstić information content (AvgIpc) is 2.39. The first-order chi connectivity index (χ1) is 9.88. The van der Waals surface area contributed by atoms with Gasteiger partial charge in [0.1, 0.15) is 17.5 Å². The lowest BCUT2D eigenvalue weighted by Gasteiger charge is -2.13. The largest absolute Gasteiger partial charge is 0.481 e. The number of aliphatic carboxylic acids is 1. The molecular formula is C15H12F3NO2. The third-order valence-electron chi connectivity index (χ3n) is 3.03. The Balaban J connectivity index is 2.45. The smallest absolute Gasteiger partial charge is 0.305 e. The fraction of sp³-hybridized carbons (Fsp3) is 0.133. The second-order valence-electron chi connectivity index (χ2n) is 4.56. The summed E-state index contributed by atoms with van der Waals surface area (Å²) in [5.74, 6) is -3.35. The predicted molar refractivity (Wildman–Crippen MR) is 70.9 cm³/mol. The van der Waals surface area contributed by atoms with Crippen LogP contribution in [0.2, 0.25) is 0 Å². The van der Waals surface area contributed by atoms with E-state index in [1.807, 2.05) is 0 Å². The summed E-state index contributed by atoms with van der Waals surface area (Å²) in [6.07, 6.45) is -0.452. The van der Waals surface area contributed by atoms with E-state index in [1.165, 1.54) is 18.2 Å². The molecule has 0 amide bonds. The Kier molecular flexibility index (Phi) is 4.28. The highest BCUT2D eigenvalue weighted by Crippen LogP contribution is 2.28. The molecule has 2 rings (SSSR count). The monoisotopic (exact) mass is 295 g/mol. The van der Waals surface area contributed by atoms with E-state index in [9.17, 15) is 18.0 Å². The molecule has 0 heterocycles. The van der Waals surface area contributed by atoms with Crippen LogP contribution in [0.5, 0.6) is 0 Å². The van der Waals surface area contributed by atoms with Crippen LogP contribution in [0.25, 0.3) is 11.1 Å². The zero-order valence-electron chi connectivity index (χ0n) is 10.8. The van der Waals surface area contributed by atoms with Crippen LogP contribution in [0.15, 0.2) is 36.4 Å². The highest BCUT2D eigenvalue weighted by molar-refractivity contribution is 5.69. The van der Waals surface area contributed by atoms with Crippen LogP contribution in [-0.2, 0) is 4.79 Å². The number of halogens is 3. The van der Waals surface area contributed by atoms with Gasteiger partial charge >= 0.3 is 5.97 Å². The molecule has 1 atom stereocenters. The summed E-state index contributed by atoms with van der Waals surface area (Å²) in [4.78, 5) is 10.6. The molecular weight excluding hydrogens is 283 g/mol. The van der Waals surface area contributed by atoms with E-state index in [-0.39, 0.29) is 11.1 Å². The van der Waals surface area contributed by atoms with Gasteiger partial charge in [-0.1, -0.05) is 6.07 Å². The maximum atomic E-state index is 13.7. The van der Waals surface area contributed by atoms with Gasteiger partial charge in [0.25, 0.3) is 0 Å². The molecule has 0 aliphatic heterocycles. The number of nitrogens with two attached hydrogens (primary N) is 1. The molecule has 3 nitrogen and oxygen atoms in total. The summed E-state index contributed by atoms with van der Waals surface area (Å²) in [7, 11) is 0. The molecule has 0 fully saturated rings. The first-order valence-corrected chi connectivity index (χ1v) is 6.10. The van der Waals surface area contributed by atoms with Gasteiger partial charge < -0.3 is 10.8 Å². The molecule has 0 aliphatic rings. The third kappa shape index (κ3) is 3.41. The Hall–Kier alpha value is -2.34. The van der Waals surface area contributed by atoms with Crippen molar-refractivity contribution in [1.82, 2.24) is 0 Å². The van der Waals surface area contributed by atoms with Crippen LogP contribution in [0.1, 0.15) is 18.0 Å².